The minimum absolute atomic E-state index is 0.187. The summed E-state index contributed by atoms with van der Waals surface area (Å²) < 4.78 is 28.2. The summed E-state index contributed by atoms with van der Waals surface area (Å²) in [6.07, 6.45) is 4.48. The number of piperidine rings is 1. The van der Waals surface area contributed by atoms with Gasteiger partial charge < -0.3 is 5.32 Å². The molecular formula is C23H25N3O2S. The second kappa shape index (κ2) is 8.35. The number of hydrogen-bond donors (Lipinski definition) is 1. The summed E-state index contributed by atoms with van der Waals surface area (Å²) in [6, 6.07) is 20.6. The van der Waals surface area contributed by atoms with Gasteiger partial charge in [0.2, 0.25) is 10.0 Å². The first-order valence-corrected chi connectivity index (χ1v) is 11.3. The zero-order valence-corrected chi connectivity index (χ0v) is 17.3. The van der Waals surface area contributed by atoms with Crippen LogP contribution in [0.15, 0.2) is 77.8 Å². The third-order valence-corrected chi connectivity index (χ3v) is 7.22. The maximum Gasteiger partial charge on any atom is 0.243 e. The molecule has 6 heteroatoms. The summed E-state index contributed by atoms with van der Waals surface area (Å²) in [5.41, 5.74) is 2.94. The summed E-state index contributed by atoms with van der Waals surface area (Å²) >= 11 is 0. The topological polar surface area (TPSA) is 62.3 Å². The van der Waals surface area contributed by atoms with E-state index >= 15 is 0 Å². The van der Waals surface area contributed by atoms with E-state index in [4.69, 9.17) is 0 Å². The minimum Gasteiger partial charge on any atom is -0.340 e. The van der Waals surface area contributed by atoms with Gasteiger partial charge in [-0.3, -0.25) is 0 Å². The molecule has 1 aliphatic heterocycles. The first-order chi connectivity index (χ1) is 14.0. The fraction of sp³-hybridized carbons (Fsp3) is 0.261. The lowest BCUT2D eigenvalue weighted by molar-refractivity contribution is 0.255. The number of hydrogen-bond acceptors (Lipinski definition) is 4. The lowest BCUT2D eigenvalue weighted by atomic mass is 9.99. The van der Waals surface area contributed by atoms with Crippen molar-refractivity contribution in [2.45, 2.75) is 37.1 Å². The Morgan fingerprint density at radius 2 is 1.72 bits per heavy atom. The lowest BCUT2D eigenvalue weighted by Crippen LogP contribution is -2.38. The molecule has 1 saturated heterocycles. The highest BCUT2D eigenvalue weighted by molar-refractivity contribution is 7.89. The van der Waals surface area contributed by atoms with Gasteiger partial charge in [-0.05, 0) is 55.7 Å². The van der Waals surface area contributed by atoms with Gasteiger partial charge in [0.15, 0.2) is 0 Å². The van der Waals surface area contributed by atoms with Crippen molar-refractivity contribution in [3.05, 3.63) is 84.1 Å². The SMILES string of the molecule is Cc1ccc(S(=O)(=O)N2CCCC[C@H]2c2ccc(Nc3ccccc3)nc2)cc1. The van der Waals surface area contributed by atoms with Gasteiger partial charge >= 0.3 is 0 Å². The van der Waals surface area contributed by atoms with Gasteiger partial charge in [0.25, 0.3) is 0 Å². The Balaban J connectivity index is 1.58. The first-order valence-electron chi connectivity index (χ1n) is 9.90. The van der Waals surface area contributed by atoms with Crippen molar-refractivity contribution in [3.63, 3.8) is 0 Å². The number of pyridine rings is 1. The largest absolute Gasteiger partial charge is 0.340 e. The molecule has 2 aromatic carbocycles. The molecule has 1 aliphatic rings. The molecule has 1 fully saturated rings. The van der Waals surface area contributed by atoms with Crippen LogP contribution in [0.1, 0.15) is 36.4 Å². The molecule has 1 aromatic heterocycles. The van der Waals surface area contributed by atoms with Crippen LogP contribution in [0.25, 0.3) is 0 Å². The Labute approximate surface area is 172 Å². The van der Waals surface area contributed by atoms with E-state index in [1.807, 2.05) is 61.5 Å². The van der Waals surface area contributed by atoms with Crippen LogP contribution >= 0.6 is 0 Å². The van der Waals surface area contributed by atoms with Crippen LogP contribution < -0.4 is 5.32 Å². The molecule has 1 N–H and O–H groups in total. The van der Waals surface area contributed by atoms with Crippen molar-refractivity contribution < 1.29 is 8.42 Å². The molecule has 1 atom stereocenters. The van der Waals surface area contributed by atoms with E-state index in [0.29, 0.717) is 11.4 Å². The van der Waals surface area contributed by atoms with Gasteiger partial charge in [0, 0.05) is 18.4 Å². The van der Waals surface area contributed by atoms with E-state index in [0.717, 1.165) is 41.9 Å². The molecule has 0 bridgehead atoms. The highest BCUT2D eigenvalue weighted by Crippen LogP contribution is 2.35. The van der Waals surface area contributed by atoms with Crippen molar-refractivity contribution in [1.29, 1.82) is 0 Å². The number of aryl methyl sites for hydroxylation is 1. The fourth-order valence-electron chi connectivity index (χ4n) is 3.72. The number of aromatic nitrogens is 1. The van der Waals surface area contributed by atoms with Crippen LogP contribution in [0.5, 0.6) is 0 Å². The molecule has 5 nitrogen and oxygen atoms in total. The van der Waals surface area contributed by atoms with Crippen LogP contribution in [0.3, 0.4) is 0 Å². The number of benzene rings is 2. The monoisotopic (exact) mass is 407 g/mol. The van der Waals surface area contributed by atoms with Gasteiger partial charge in [-0.15, -0.1) is 0 Å². The highest BCUT2D eigenvalue weighted by Gasteiger charge is 2.34. The standard InChI is InChI=1S/C23H25N3O2S/c1-18-10-13-21(14-11-18)29(27,28)26-16-6-5-9-22(26)19-12-15-23(24-17-19)25-20-7-3-2-4-8-20/h2-4,7-8,10-15,17,22H,5-6,9,16H2,1H3,(H,24,25)/t22-/m0/s1. The average Bonchev–Trinajstić information content (AvgIpc) is 2.75. The molecule has 0 radical (unpaired) electrons. The van der Waals surface area contributed by atoms with Gasteiger partial charge in [-0.25, -0.2) is 13.4 Å². The van der Waals surface area contributed by atoms with E-state index in [1.54, 1.807) is 22.6 Å². The molecule has 29 heavy (non-hydrogen) atoms. The molecule has 3 aromatic rings. The Bertz CT molecular complexity index is 1050. The molecule has 150 valence electrons. The van der Waals surface area contributed by atoms with E-state index < -0.39 is 10.0 Å². The third-order valence-electron chi connectivity index (χ3n) is 5.30. The van der Waals surface area contributed by atoms with E-state index in [1.165, 1.54) is 0 Å². The van der Waals surface area contributed by atoms with Gasteiger partial charge in [0.1, 0.15) is 5.82 Å². The quantitative estimate of drug-likeness (QED) is 0.643. The first kappa shape index (κ1) is 19.6. The Morgan fingerprint density at radius 3 is 2.41 bits per heavy atom. The predicted octanol–water partition coefficient (Wildman–Crippen LogP) is 5.05. The van der Waals surface area contributed by atoms with Crippen LogP contribution in [0, 0.1) is 6.92 Å². The smallest absolute Gasteiger partial charge is 0.243 e. The maximum atomic E-state index is 13.3. The Kier molecular flexibility index (Phi) is 5.65. The Hall–Kier alpha value is -2.70. The summed E-state index contributed by atoms with van der Waals surface area (Å²) in [5.74, 6) is 0.740. The normalized spacial score (nSPS) is 17.8. The molecule has 4 rings (SSSR count). The number of para-hydroxylation sites is 1. The molecule has 2 heterocycles. The van der Waals surface area contributed by atoms with Crippen LogP contribution in [-0.2, 0) is 10.0 Å². The maximum absolute atomic E-state index is 13.3. The molecule has 0 spiro atoms. The lowest BCUT2D eigenvalue weighted by Gasteiger charge is -2.35. The fourth-order valence-corrected chi connectivity index (χ4v) is 5.40. The van der Waals surface area contributed by atoms with Crippen LogP contribution in [0.4, 0.5) is 11.5 Å². The van der Waals surface area contributed by atoms with Gasteiger partial charge in [0.05, 0.1) is 10.9 Å². The predicted molar refractivity (Wildman–Crippen MR) is 116 cm³/mol. The minimum atomic E-state index is -3.54. The third kappa shape index (κ3) is 4.33. The Morgan fingerprint density at radius 1 is 0.966 bits per heavy atom. The number of sulfonamides is 1. The second-order valence-electron chi connectivity index (χ2n) is 7.41. The zero-order chi connectivity index (χ0) is 20.3. The van der Waals surface area contributed by atoms with Crippen molar-refractivity contribution in [2.75, 3.05) is 11.9 Å². The molecule has 0 saturated carbocycles. The molecule has 0 amide bonds. The zero-order valence-electron chi connectivity index (χ0n) is 16.5. The van der Waals surface area contributed by atoms with Crippen molar-refractivity contribution in [3.8, 4) is 0 Å². The highest BCUT2D eigenvalue weighted by atomic mass is 32.2. The number of nitrogens with zero attached hydrogens (tertiary/aromatic N) is 2. The molecule has 0 aliphatic carbocycles. The summed E-state index contributed by atoms with van der Waals surface area (Å²) in [5, 5.41) is 3.26. The van der Waals surface area contributed by atoms with Crippen LogP contribution in [0.2, 0.25) is 0 Å². The van der Waals surface area contributed by atoms with Crippen molar-refractivity contribution >= 4 is 21.5 Å². The van der Waals surface area contributed by atoms with E-state index in [2.05, 4.69) is 10.3 Å². The number of nitrogens with one attached hydrogen (secondary N) is 1. The number of rotatable bonds is 5. The van der Waals surface area contributed by atoms with Crippen LogP contribution in [-0.4, -0.2) is 24.3 Å². The van der Waals surface area contributed by atoms with Gasteiger partial charge in [-0.1, -0.05) is 48.4 Å². The molecule has 0 unspecified atom stereocenters. The van der Waals surface area contributed by atoms with Crippen molar-refractivity contribution in [2.24, 2.45) is 0 Å². The summed E-state index contributed by atoms with van der Waals surface area (Å²) in [4.78, 5) is 4.87. The van der Waals surface area contributed by atoms with Gasteiger partial charge in [-0.2, -0.15) is 4.31 Å². The summed E-state index contributed by atoms with van der Waals surface area (Å²) in [6.45, 7) is 2.49. The average molecular weight is 408 g/mol. The summed E-state index contributed by atoms with van der Waals surface area (Å²) in [7, 11) is -3.54. The van der Waals surface area contributed by atoms with Crippen molar-refractivity contribution in [1.82, 2.24) is 9.29 Å². The van der Waals surface area contributed by atoms with E-state index in [9.17, 15) is 8.42 Å². The molecular weight excluding hydrogens is 382 g/mol. The second-order valence-corrected chi connectivity index (χ2v) is 9.30. The van der Waals surface area contributed by atoms with E-state index in [-0.39, 0.29) is 6.04 Å². The number of anilines is 2.